The van der Waals surface area contributed by atoms with Crippen molar-refractivity contribution in [3.05, 3.63) is 70.3 Å². The number of allylic oxidation sites excluding steroid dienone is 1. The Hall–Kier alpha value is -2.67. The number of hydrogen-bond donors (Lipinski definition) is 1. The van der Waals surface area contributed by atoms with E-state index in [1.165, 1.54) is 5.56 Å². The van der Waals surface area contributed by atoms with Crippen LogP contribution in [0, 0.1) is 11.8 Å². The summed E-state index contributed by atoms with van der Waals surface area (Å²) < 4.78 is 48.7. The first kappa shape index (κ1) is 37.6. The van der Waals surface area contributed by atoms with E-state index in [4.69, 9.17) is 25.8 Å². The highest BCUT2D eigenvalue weighted by Gasteiger charge is 2.49. The van der Waals surface area contributed by atoms with Crippen LogP contribution in [0.2, 0.25) is 5.02 Å². The molecule has 0 aromatic heterocycles. The van der Waals surface area contributed by atoms with Crippen molar-refractivity contribution in [1.29, 1.82) is 0 Å². The molecule has 284 valence electrons. The van der Waals surface area contributed by atoms with Crippen molar-refractivity contribution in [2.24, 2.45) is 11.8 Å². The number of benzene rings is 2. The number of carbonyl (C=O) groups is 1. The molecule has 4 heterocycles. The van der Waals surface area contributed by atoms with Crippen LogP contribution in [0.1, 0.15) is 73.4 Å². The first-order valence-corrected chi connectivity index (χ1v) is 21.2. The topological polar surface area (TPSA) is 101 Å². The van der Waals surface area contributed by atoms with Gasteiger partial charge >= 0.3 is 0 Å². The van der Waals surface area contributed by atoms with Gasteiger partial charge in [0.25, 0.3) is 5.91 Å². The first-order chi connectivity index (χ1) is 25.2. The van der Waals surface area contributed by atoms with E-state index >= 15 is 0 Å². The molecule has 5 aliphatic rings. The van der Waals surface area contributed by atoms with Crippen molar-refractivity contribution >= 4 is 33.2 Å². The second-order valence-corrected chi connectivity index (χ2v) is 17.8. The number of amides is 1. The predicted molar refractivity (Wildman–Crippen MR) is 205 cm³/mol. The Morgan fingerprint density at radius 1 is 1.02 bits per heavy atom. The number of anilines is 1. The summed E-state index contributed by atoms with van der Waals surface area (Å²) in [5, 5.41) is 0.0201. The molecule has 2 aromatic carbocycles. The van der Waals surface area contributed by atoms with Crippen LogP contribution in [-0.4, -0.2) is 107 Å². The first-order valence-electron chi connectivity index (χ1n) is 19.3. The van der Waals surface area contributed by atoms with E-state index in [0.717, 1.165) is 107 Å². The lowest BCUT2D eigenvalue weighted by Gasteiger charge is -2.53. The highest BCUT2D eigenvalue weighted by atomic mass is 35.5. The van der Waals surface area contributed by atoms with Crippen LogP contribution in [0.4, 0.5) is 5.69 Å². The second-order valence-electron chi connectivity index (χ2n) is 15.4. The van der Waals surface area contributed by atoms with Crippen LogP contribution in [0.3, 0.4) is 0 Å². The monoisotopic (exact) mass is 754 g/mol. The van der Waals surface area contributed by atoms with Gasteiger partial charge in [-0.2, -0.15) is 0 Å². The molecule has 2 aromatic rings. The Balaban J connectivity index is 1.24. The molecule has 10 nitrogen and oxygen atoms in total. The van der Waals surface area contributed by atoms with Crippen molar-refractivity contribution in [1.82, 2.24) is 14.5 Å². The van der Waals surface area contributed by atoms with Gasteiger partial charge in [-0.15, -0.1) is 0 Å². The lowest BCUT2D eigenvalue weighted by Crippen LogP contribution is -2.62. The summed E-state index contributed by atoms with van der Waals surface area (Å²) >= 11 is 6.41. The number of morpholine rings is 1. The number of fused-ring (bicyclic) bond motifs is 4. The van der Waals surface area contributed by atoms with Crippen LogP contribution in [0.25, 0.3) is 0 Å². The zero-order valence-corrected chi connectivity index (χ0v) is 32.3. The molecule has 2 bridgehead atoms. The lowest BCUT2D eigenvalue weighted by molar-refractivity contribution is -0.108. The maximum atomic E-state index is 13.6. The summed E-state index contributed by atoms with van der Waals surface area (Å²) in [6.45, 7) is 10.1. The molecule has 5 atom stereocenters. The molecule has 4 aliphatic heterocycles. The number of rotatable bonds is 4. The van der Waals surface area contributed by atoms with Crippen molar-refractivity contribution in [2.45, 2.75) is 81.8 Å². The Bertz CT molecular complexity index is 1720. The van der Waals surface area contributed by atoms with Gasteiger partial charge in [0, 0.05) is 69.6 Å². The number of nitrogens with one attached hydrogen (secondary N) is 1. The van der Waals surface area contributed by atoms with Gasteiger partial charge in [0.15, 0.2) is 0 Å². The third-order valence-corrected chi connectivity index (χ3v) is 14.4. The fraction of sp³-hybridized carbons (Fsp3) is 0.625. The number of sulfonamides is 1. The third kappa shape index (κ3) is 8.20. The normalized spacial score (nSPS) is 31.0. The highest BCUT2D eigenvalue weighted by Crippen LogP contribution is 2.47. The maximum absolute atomic E-state index is 13.6. The molecular formula is C40H55ClN4O6S. The molecule has 0 radical (unpaired) electrons. The lowest BCUT2D eigenvalue weighted by atomic mass is 9.63. The number of piperazine rings is 1. The highest BCUT2D eigenvalue weighted by molar-refractivity contribution is 7.90. The van der Waals surface area contributed by atoms with E-state index < -0.39 is 26.8 Å². The van der Waals surface area contributed by atoms with E-state index in [9.17, 15) is 13.2 Å². The minimum atomic E-state index is -3.92. The Morgan fingerprint density at radius 2 is 1.90 bits per heavy atom. The summed E-state index contributed by atoms with van der Waals surface area (Å²) in [4.78, 5) is 21.1. The zero-order chi connectivity index (χ0) is 36.3. The number of ether oxygens (including phenoxy) is 3. The van der Waals surface area contributed by atoms with E-state index in [0.29, 0.717) is 49.1 Å². The molecule has 2 saturated heterocycles. The SMILES string of the molecule is CC[C@@H]1CC/C=C/[C@](CN2CCN3CCOC[C@@H]3C2)(OC)[C@@H]2CC[C@H]2CN2CCCCc3cc(Cl)ccc3COc3ccc(cc32)C(=O)NS1(=O)=O. The van der Waals surface area contributed by atoms with Gasteiger partial charge in [0.05, 0.1) is 24.2 Å². The fourth-order valence-corrected chi connectivity index (χ4v) is 10.7. The van der Waals surface area contributed by atoms with Crippen molar-refractivity contribution < 1.29 is 27.4 Å². The van der Waals surface area contributed by atoms with Gasteiger partial charge in [0.1, 0.15) is 18.0 Å². The molecule has 0 spiro atoms. The van der Waals surface area contributed by atoms with Gasteiger partial charge < -0.3 is 19.1 Å². The maximum Gasteiger partial charge on any atom is 0.264 e. The van der Waals surface area contributed by atoms with E-state index in [2.05, 4.69) is 31.6 Å². The molecule has 1 N–H and O–H groups in total. The van der Waals surface area contributed by atoms with E-state index in [1.807, 2.05) is 44.4 Å². The van der Waals surface area contributed by atoms with Crippen molar-refractivity contribution in [2.75, 3.05) is 71.0 Å². The van der Waals surface area contributed by atoms with Crippen molar-refractivity contribution in [3.63, 3.8) is 0 Å². The van der Waals surface area contributed by atoms with E-state index in [-0.39, 0.29) is 5.92 Å². The molecule has 12 heteroatoms. The number of aryl methyl sites for hydroxylation is 1. The molecule has 7 rings (SSSR count). The molecule has 1 saturated carbocycles. The molecule has 3 fully saturated rings. The number of carbonyl (C=O) groups excluding carboxylic acids is 1. The van der Waals surface area contributed by atoms with Gasteiger partial charge in [0.2, 0.25) is 10.0 Å². The number of nitrogens with zero attached hydrogens (tertiary/aromatic N) is 3. The summed E-state index contributed by atoms with van der Waals surface area (Å²) in [6, 6.07) is 11.7. The second kappa shape index (κ2) is 16.4. The zero-order valence-electron chi connectivity index (χ0n) is 30.7. The standard InChI is InChI=1S/C40H55ClN4O6S/c1-3-35-9-4-6-16-40(49-2,28-43-18-19-44-20-21-50-27-34(44)25-43)36-14-11-31(36)24-45-17-7-5-8-29-22-33(41)13-10-32(29)26-51-38-15-12-30(23-37(38)45)39(46)42-52(35,47)48/h6,10,12-13,15-16,22-23,31,34-36H,3-5,7-9,11,14,17-21,24-28H2,1-2H3,(H,42,46)/b16-6+/t31-,34-,35+,36+,40+/m0/s1. The molecule has 52 heavy (non-hydrogen) atoms. The molecule has 1 aliphatic carbocycles. The molecular weight excluding hydrogens is 700 g/mol. The van der Waals surface area contributed by atoms with E-state index in [1.54, 1.807) is 6.07 Å². The minimum Gasteiger partial charge on any atom is -0.487 e. The molecule has 1 amide bonds. The number of hydrogen-bond acceptors (Lipinski definition) is 9. The smallest absolute Gasteiger partial charge is 0.264 e. The van der Waals surface area contributed by atoms with Gasteiger partial charge in [-0.25, -0.2) is 13.1 Å². The number of methoxy groups -OCH3 is 1. The van der Waals surface area contributed by atoms with Crippen LogP contribution in [-0.2, 0) is 32.5 Å². The Morgan fingerprint density at radius 3 is 2.71 bits per heavy atom. The van der Waals surface area contributed by atoms with Crippen LogP contribution < -0.4 is 14.4 Å². The summed E-state index contributed by atoms with van der Waals surface area (Å²) in [6.07, 6.45) is 10.7. The largest absolute Gasteiger partial charge is 0.487 e. The fourth-order valence-electron chi connectivity index (χ4n) is 9.09. The Labute approximate surface area is 314 Å². The summed E-state index contributed by atoms with van der Waals surface area (Å²) in [5.41, 5.74) is 2.88. The van der Waals surface area contributed by atoms with Gasteiger partial charge in [-0.1, -0.05) is 36.7 Å². The van der Waals surface area contributed by atoms with Crippen LogP contribution >= 0.6 is 11.6 Å². The average molecular weight is 755 g/mol. The van der Waals surface area contributed by atoms with Gasteiger partial charge in [-0.3, -0.25) is 14.6 Å². The quantitative estimate of drug-likeness (QED) is 0.396. The number of halogens is 1. The molecule has 0 unspecified atom stereocenters. The van der Waals surface area contributed by atoms with Gasteiger partial charge in [-0.05, 0) is 105 Å². The average Bonchev–Trinajstić information content (AvgIpc) is 3.15. The van der Waals surface area contributed by atoms with Crippen molar-refractivity contribution in [3.8, 4) is 5.75 Å². The third-order valence-electron chi connectivity index (χ3n) is 12.3. The van der Waals surface area contributed by atoms with Crippen LogP contribution in [0.5, 0.6) is 5.75 Å². The van der Waals surface area contributed by atoms with Crippen LogP contribution in [0.15, 0.2) is 48.6 Å². The summed E-state index contributed by atoms with van der Waals surface area (Å²) in [7, 11) is -2.07. The Kier molecular flexibility index (Phi) is 11.8. The minimum absolute atomic E-state index is 0.272. The predicted octanol–water partition coefficient (Wildman–Crippen LogP) is 5.68. The summed E-state index contributed by atoms with van der Waals surface area (Å²) in [5.74, 6) is 0.693.